The van der Waals surface area contributed by atoms with Crippen LogP contribution in [0.3, 0.4) is 0 Å². The third-order valence-electron chi connectivity index (χ3n) is 3.04. The second kappa shape index (κ2) is 7.79. The van der Waals surface area contributed by atoms with Gasteiger partial charge >= 0.3 is 0 Å². The largest absolute Gasteiger partial charge is 0.348 e. The topological polar surface area (TPSA) is 115 Å². The van der Waals surface area contributed by atoms with Crippen LogP contribution in [0, 0.1) is 0 Å². The van der Waals surface area contributed by atoms with Crippen LogP contribution in [0.4, 0.5) is 0 Å². The molecule has 1 unspecified atom stereocenters. The fourth-order valence-electron chi connectivity index (χ4n) is 1.73. The smallest absolute Gasteiger partial charge is 0.238 e. The SMILES string of the molecule is CSCC[C@@H](N)C(=O)NC(C)c1ccc(S(N)(=O)=O)cc1. The molecule has 5 N–H and O–H groups in total. The first-order valence-corrected chi connectivity index (χ1v) is 9.37. The average Bonchev–Trinajstić information content (AvgIpc) is 2.43. The van der Waals surface area contributed by atoms with E-state index < -0.39 is 16.1 Å². The standard InChI is InChI=1S/C13H21N3O3S2/c1-9(16-13(17)12(14)7-8-20-2)10-3-5-11(6-4-10)21(15,18)19/h3-6,9,12H,7-8,14H2,1-2H3,(H,16,17)(H2,15,18,19)/t9?,12-/m1/s1. The molecule has 2 atom stereocenters. The Bertz CT molecular complexity index is 573. The van der Waals surface area contributed by atoms with Gasteiger partial charge in [0, 0.05) is 0 Å². The van der Waals surface area contributed by atoms with Crippen LogP contribution >= 0.6 is 11.8 Å². The molecule has 118 valence electrons. The van der Waals surface area contributed by atoms with E-state index in [0.717, 1.165) is 11.3 Å². The summed E-state index contributed by atoms with van der Waals surface area (Å²) in [6.45, 7) is 1.81. The Morgan fingerprint density at radius 2 is 1.90 bits per heavy atom. The summed E-state index contributed by atoms with van der Waals surface area (Å²) in [6, 6.07) is 5.29. The highest BCUT2D eigenvalue weighted by atomic mass is 32.2. The van der Waals surface area contributed by atoms with Crippen LogP contribution in [0.25, 0.3) is 0 Å². The van der Waals surface area contributed by atoms with Crippen molar-refractivity contribution in [1.82, 2.24) is 5.32 Å². The van der Waals surface area contributed by atoms with Crippen molar-refractivity contribution < 1.29 is 13.2 Å². The molecule has 0 saturated heterocycles. The summed E-state index contributed by atoms with van der Waals surface area (Å²) in [4.78, 5) is 11.9. The Morgan fingerprint density at radius 1 is 1.33 bits per heavy atom. The number of primary sulfonamides is 1. The van der Waals surface area contributed by atoms with Gasteiger partial charge in [-0.05, 0) is 43.0 Å². The summed E-state index contributed by atoms with van der Waals surface area (Å²) >= 11 is 1.64. The quantitative estimate of drug-likeness (QED) is 0.676. The normalized spacial score (nSPS) is 14.5. The van der Waals surface area contributed by atoms with Crippen molar-refractivity contribution in [3.63, 3.8) is 0 Å². The van der Waals surface area contributed by atoms with Crippen LogP contribution in [0.5, 0.6) is 0 Å². The van der Waals surface area contributed by atoms with Crippen molar-refractivity contribution >= 4 is 27.7 Å². The van der Waals surface area contributed by atoms with Gasteiger partial charge in [-0.3, -0.25) is 4.79 Å². The third kappa shape index (κ3) is 5.66. The second-order valence-corrected chi connectivity index (χ2v) is 7.28. The number of amides is 1. The monoisotopic (exact) mass is 331 g/mol. The van der Waals surface area contributed by atoms with E-state index in [9.17, 15) is 13.2 Å². The molecule has 0 aromatic heterocycles. The van der Waals surface area contributed by atoms with Gasteiger partial charge in [-0.2, -0.15) is 11.8 Å². The van der Waals surface area contributed by atoms with Crippen molar-refractivity contribution in [2.75, 3.05) is 12.0 Å². The van der Waals surface area contributed by atoms with Crippen LogP contribution in [0.1, 0.15) is 24.9 Å². The maximum Gasteiger partial charge on any atom is 0.238 e. The van der Waals surface area contributed by atoms with E-state index in [0.29, 0.717) is 6.42 Å². The number of hydrogen-bond acceptors (Lipinski definition) is 5. The lowest BCUT2D eigenvalue weighted by Crippen LogP contribution is -2.41. The number of thioether (sulfide) groups is 1. The minimum Gasteiger partial charge on any atom is -0.348 e. The van der Waals surface area contributed by atoms with Crippen molar-refractivity contribution in [3.05, 3.63) is 29.8 Å². The molecule has 0 saturated carbocycles. The molecule has 0 spiro atoms. The molecule has 0 aliphatic rings. The minimum atomic E-state index is -3.70. The Labute approximate surface area is 129 Å². The molecule has 0 aliphatic heterocycles. The fraction of sp³-hybridized carbons (Fsp3) is 0.462. The summed E-state index contributed by atoms with van der Waals surface area (Å²) in [5.41, 5.74) is 6.57. The van der Waals surface area contributed by atoms with E-state index in [1.54, 1.807) is 23.9 Å². The molecule has 1 aromatic carbocycles. The zero-order valence-corrected chi connectivity index (χ0v) is 13.7. The zero-order chi connectivity index (χ0) is 16.0. The van der Waals surface area contributed by atoms with Crippen LogP contribution in [-0.2, 0) is 14.8 Å². The molecule has 1 rings (SSSR count). The molecular weight excluding hydrogens is 310 g/mol. The highest BCUT2D eigenvalue weighted by Gasteiger charge is 2.16. The summed E-state index contributed by atoms with van der Waals surface area (Å²) in [5, 5.41) is 7.84. The van der Waals surface area contributed by atoms with Crippen molar-refractivity contribution in [3.8, 4) is 0 Å². The van der Waals surface area contributed by atoms with Crippen molar-refractivity contribution in [2.45, 2.75) is 30.3 Å². The molecule has 8 heteroatoms. The average molecular weight is 331 g/mol. The highest BCUT2D eigenvalue weighted by Crippen LogP contribution is 2.15. The van der Waals surface area contributed by atoms with E-state index >= 15 is 0 Å². The van der Waals surface area contributed by atoms with Crippen LogP contribution < -0.4 is 16.2 Å². The first-order chi connectivity index (χ1) is 9.75. The predicted molar refractivity (Wildman–Crippen MR) is 85.3 cm³/mol. The number of hydrogen-bond donors (Lipinski definition) is 3. The number of sulfonamides is 1. The van der Waals surface area contributed by atoms with Gasteiger partial charge in [-0.15, -0.1) is 0 Å². The van der Waals surface area contributed by atoms with Crippen LogP contribution in [0.15, 0.2) is 29.2 Å². The van der Waals surface area contributed by atoms with Crippen molar-refractivity contribution in [2.24, 2.45) is 10.9 Å². The second-order valence-electron chi connectivity index (χ2n) is 4.73. The summed E-state index contributed by atoms with van der Waals surface area (Å²) in [6.07, 6.45) is 2.57. The molecular formula is C13H21N3O3S2. The van der Waals surface area contributed by atoms with Gasteiger partial charge in [0.1, 0.15) is 0 Å². The Morgan fingerprint density at radius 3 is 2.38 bits per heavy atom. The lowest BCUT2D eigenvalue weighted by atomic mass is 10.1. The van der Waals surface area contributed by atoms with E-state index in [1.165, 1.54) is 12.1 Å². The lowest BCUT2D eigenvalue weighted by molar-refractivity contribution is -0.123. The summed E-state index contributed by atoms with van der Waals surface area (Å²) in [7, 11) is -3.70. The van der Waals surface area contributed by atoms with Crippen LogP contribution in [-0.4, -0.2) is 32.4 Å². The lowest BCUT2D eigenvalue weighted by Gasteiger charge is -2.18. The van der Waals surface area contributed by atoms with Gasteiger partial charge in [0.05, 0.1) is 17.0 Å². The Kier molecular flexibility index (Phi) is 6.66. The van der Waals surface area contributed by atoms with Crippen LogP contribution in [0.2, 0.25) is 0 Å². The Hall–Kier alpha value is -1.09. The molecule has 0 heterocycles. The minimum absolute atomic E-state index is 0.0430. The van der Waals surface area contributed by atoms with E-state index in [1.807, 2.05) is 13.2 Å². The summed E-state index contributed by atoms with van der Waals surface area (Å²) in [5.74, 6) is 0.610. The molecule has 1 amide bonds. The first kappa shape index (κ1) is 18.0. The maximum atomic E-state index is 11.9. The highest BCUT2D eigenvalue weighted by molar-refractivity contribution is 7.98. The van der Waals surface area contributed by atoms with Gasteiger partial charge in [-0.25, -0.2) is 13.6 Å². The van der Waals surface area contributed by atoms with Gasteiger partial charge in [0.25, 0.3) is 0 Å². The maximum absolute atomic E-state index is 11.9. The molecule has 21 heavy (non-hydrogen) atoms. The first-order valence-electron chi connectivity index (χ1n) is 6.43. The van der Waals surface area contributed by atoms with E-state index in [4.69, 9.17) is 10.9 Å². The summed E-state index contributed by atoms with van der Waals surface area (Å²) < 4.78 is 22.3. The Balaban J connectivity index is 2.67. The zero-order valence-electron chi connectivity index (χ0n) is 12.1. The van der Waals surface area contributed by atoms with Gasteiger partial charge in [0.2, 0.25) is 15.9 Å². The van der Waals surface area contributed by atoms with Gasteiger partial charge < -0.3 is 11.1 Å². The van der Waals surface area contributed by atoms with Gasteiger partial charge in [0.15, 0.2) is 0 Å². The predicted octanol–water partition coefficient (Wildman–Crippen LogP) is 0.592. The molecule has 1 aromatic rings. The number of benzene rings is 1. The number of nitrogens with two attached hydrogens (primary N) is 2. The van der Waals surface area contributed by atoms with Gasteiger partial charge in [-0.1, -0.05) is 12.1 Å². The number of rotatable bonds is 7. The van der Waals surface area contributed by atoms with E-state index in [2.05, 4.69) is 5.32 Å². The number of carbonyl (C=O) groups is 1. The van der Waals surface area contributed by atoms with E-state index in [-0.39, 0.29) is 16.8 Å². The van der Waals surface area contributed by atoms with Crippen molar-refractivity contribution in [1.29, 1.82) is 0 Å². The third-order valence-corrected chi connectivity index (χ3v) is 4.61. The molecule has 6 nitrogen and oxygen atoms in total. The molecule has 0 aliphatic carbocycles. The molecule has 0 bridgehead atoms. The number of nitrogens with one attached hydrogen (secondary N) is 1. The number of carbonyl (C=O) groups excluding carboxylic acids is 1. The fourth-order valence-corrected chi connectivity index (χ4v) is 2.73. The molecule has 0 radical (unpaired) electrons. The molecule has 0 fully saturated rings.